The summed E-state index contributed by atoms with van der Waals surface area (Å²) in [6, 6.07) is 9.91. The van der Waals surface area contributed by atoms with Crippen LogP contribution in [0.2, 0.25) is 0 Å². The summed E-state index contributed by atoms with van der Waals surface area (Å²) >= 11 is 4.37. The Labute approximate surface area is 124 Å². The number of benzene rings is 1. The first kappa shape index (κ1) is 14.7. The van der Waals surface area contributed by atoms with Gasteiger partial charge in [0.1, 0.15) is 0 Å². The normalized spacial score (nSPS) is 12.1. The van der Waals surface area contributed by atoms with Crippen LogP contribution in [0.4, 0.5) is 0 Å². The van der Waals surface area contributed by atoms with Gasteiger partial charge < -0.3 is 5.32 Å². The van der Waals surface area contributed by atoms with E-state index >= 15 is 0 Å². The van der Waals surface area contributed by atoms with Crippen LogP contribution in [0.1, 0.15) is 11.1 Å². The first-order valence-electron chi connectivity index (χ1n) is 6.62. The number of amides is 1. The van der Waals surface area contributed by atoms with Crippen LogP contribution in [-0.2, 0) is 24.7 Å². The molecule has 1 atom stereocenters. The number of nitrogens with one attached hydrogen (secondary N) is 1. The molecule has 106 valence electrons. The number of aryl methyl sites for hydroxylation is 1. The molecule has 5 heteroatoms. The maximum Gasteiger partial charge on any atom is 0.233 e. The van der Waals surface area contributed by atoms with E-state index in [9.17, 15) is 4.79 Å². The molecule has 0 aliphatic carbocycles. The molecule has 1 heterocycles. The Bertz CT molecular complexity index is 553. The summed E-state index contributed by atoms with van der Waals surface area (Å²) in [5.41, 5.74) is 2.24. The molecule has 1 amide bonds. The van der Waals surface area contributed by atoms with Crippen LogP contribution in [0.5, 0.6) is 0 Å². The molecule has 1 aromatic heterocycles. The highest BCUT2D eigenvalue weighted by Gasteiger charge is 2.13. The van der Waals surface area contributed by atoms with Gasteiger partial charge in [0, 0.05) is 19.8 Å². The van der Waals surface area contributed by atoms with Gasteiger partial charge in [-0.25, -0.2) is 0 Å². The van der Waals surface area contributed by atoms with E-state index in [4.69, 9.17) is 0 Å². The van der Waals surface area contributed by atoms with Crippen LogP contribution < -0.4 is 5.32 Å². The highest BCUT2D eigenvalue weighted by atomic mass is 32.1. The maximum atomic E-state index is 11.9. The number of nitrogens with zero attached hydrogens (tertiary/aromatic N) is 2. The number of hydrogen-bond acceptors (Lipinski definition) is 3. The van der Waals surface area contributed by atoms with Crippen molar-refractivity contribution < 1.29 is 4.79 Å². The molecule has 0 aliphatic rings. The second-order valence-electron chi connectivity index (χ2n) is 4.77. The number of aromatic nitrogens is 2. The zero-order valence-corrected chi connectivity index (χ0v) is 12.4. The SMILES string of the molecule is Cn1cc(CCNC(=O)C(S)Cc2ccccc2)cn1. The van der Waals surface area contributed by atoms with Crippen LogP contribution in [0.3, 0.4) is 0 Å². The first-order chi connectivity index (χ1) is 9.65. The molecule has 0 spiro atoms. The lowest BCUT2D eigenvalue weighted by Gasteiger charge is -2.11. The summed E-state index contributed by atoms with van der Waals surface area (Å²) in [6.07, 6.45) is 5.19. The molecule has 20 heavy (non-hydrogen) atoms. The molecule has 0 saturated heterocycles. The monoisotopic (exact) mass is 289 g/mol. The van der Waals surface area contributed by atoms with Crippen LogP contribution in [0.25, 0.3) is 0 Å². The van der Waals surface area contributed by atoms with Crippen molar-refractivity contribution in [3.63, 3.8) is 0 Å². The lowest BCUT2D eigenvalue weighted by Crippen LogP contribution is -2.34. The van der Waals surface area contributed by atoms with Crippen molar-refractivity contribution in [2.45, 2.75) is 18.1 Å². The summed E-state index contributed by atoms with van der Waals surface area (Å²) < 4.78 is 1.76. The molecule has 0 fully saturated rings. The lowest BCUT2D eigenvalue weighted by atomic mass is 10.1. The Morgan fingerprint density at radius 1 is 1.35 bits per heavy atom. The minimum atomic E-state index is -0.314. The maximum absolute atomic E-state index is 11.9. The summed E-state index contributed by atoms with van der Waals surface area (Å²) in [5.74, 6) is -0.0268. The number of thiol groups is 1. The van der Waals surface area contributed by atoms with E-state index in [-0.39, 0.29) is 11.2 Å². The highest BCUT2D eigenvalue weighted by molar-refractivity contribution is 7.81. The molecule has 4 nitrogen and oxygen atoms in total. The van der Waals surface area contributed by atoms with Crippen molar-refractivity contribution in [1.82, 2.24) is 15.1 Å². The van der Waals surface area contributed by atoms with Gasteiger partial charge >= 0.3 is 0 Å². The smallest absolute Gasteiger partial charge is 0.233 e. The predicted molar refractivity (Wildman–Crippen MR) is 82.8 cm³/mol. The van der Waals surface area contributed by atoms with Crippen LogP contribution in [0, 0.1) is 0 Å². The number of carbonyl (C=O) groups is 1. The Morgan fingerprint density at radius 2 is 2.10 bits per heavy atom. The third kappa shape index (κ3) is 4.42. The molecule has 2 aromatic rings. The minimum Gasteiger partial charge on any atom is -0.355 e. The highest BCUT2D eigenvalue weighted by Crippen LogP contribution is 2.07. The van der Waals surface area contributed by atoms with Gasteiger partial charge in [-0.1, -0.05) is 30.3 Å². The van der Waals surface area contributed by atoms with Gasteiger partial charge in [-0.05, 0) is 24.0 Å². The first-order valence-corrected chi connectivity index (χ1v) is 7.14. The fourth-order valence-electron chi connectivity index (χ4n) is 1.98. The van der Waals surface area contributed by atoms with E-state index < -0.39 is 0 Å². The molecule has 1 aromatic carbocycles. The van der Waals surface area contributed by atoms with Gasteiger partial charge in [0.2, 0.25) is 5.91 Å². The second-order valence-corrected chi connectivity index (χ2v) is 5.39. The molecule has 0 saturated carbocycles. The van der Waals surface area contributed by atoms with Gasteiger partial charge in [-0.3, -0.25) is 9.48 Å². The average Bonchev–Trinajstić information content (AvgIpc) is 2.85. The zero-order valence-electron chi connectivity index (χ0n) is 11.5. The van der Waals surface area contributed by atoms with Gasteiger partial charge in [-0.2, -0.15) is 17.7 Å². The van der Waals surface area contributed by atoms with E-state index in [0.29, 0.717) is 13.0 Å². The quantitative estimate of drug-likeness (QED) is 0.794. The zero-order chi connectivity index (χ0) is 14.4. The van der Waals surface area contributed by atoms with Crippen molar-refractivity contribution in [3.05, 3.63) is 53.9 Å². The third-order valence-electron chi connectivity index (χ3n) is 3.05. The average molecular weight is 289 g/mol. The third-order valence-corrected chi connectivity index (χ3v) is 3.46. The van der Waals surface area contributed by atoms with E-state index in [1.165, 1.54) is 0 Å². The van der Waals surface area contributed by atoms with Crippen LogP contribution in [-0.4, -0.2) is 27.5 Å². The van der Waals surface area contributed by atoms with E-state index in [1.54, 1.807) is 4.68 Å². The van der Waals surface area contributed by atoms with E-state index in [2.05, 4.69) is 23.0 Å². The fraction of sp³-hybridized carbons (Fsp3) is 0.333. The van der Waals surface area contributed by atoms with Gasteiger partial charge in [0.25, 0.3) is 0 Å². The van der Waals surface area contributed by atoms with Crippen molar-refractivity contribution in [3.8, 4) is 0 Å². The number of rotatable bonds is 6. The summed E-state index contributed by atoms with van der Waals surface area (Å²) in [6.45, 7) is 0.608. The molecule has 0 radical (unpaired) electrons. The van der Waals surface area contributed by atoms with Gasteiger partial charge in [0.05, 0.1) is 11.4 Å². The standard InChI is InChI=1S/C15H19N3OS/c1-18-11-13(10-17-18)7-8-16-15(19)14(20)9-12-5-3-2-4-6-12/h2-6,10-11,14,20H,7-9H2,1H3,(H,16,19). The lowest BCUT2D eigenvalue weighted by molar-refractivity contribution is -0.120. The molecule has 1 N–H and O–H groups in total. The minimum absolute atomic E-state index is 0.0268. The van der Waals surface area contributed by atoms with Gasteiger partial charge in [-0.15, -0.1) is 0 Å². The van der Waals surface area contributed by atoms with Crippen LogP contribution in [0.15, 0.2) is 42.7 Å². The second kappa shape index (κ2) is 7.14. The van der Waals surface area contributed by atoms with Gasteiger partial charge in [0.15, 0.2) is 0 Å². The largest absolute Gasteiger partial charge is 0.355 e. The van der Waals surface area contributed by atoms with E-state index in [1.807, 2.05) is 49.8 Å². The molecular weight excluding hydrogens is 270 g/mol. The number of carbonyl (C=O) groups excluding carboxylic acids is 1. The Hall–Kier alpha value is -1.75. The topological polar surface area (TPSA) is 46.9 Å². The Morgan fingerprint density at radius 3 is 2.75 bits per heavy atom. The van der Waals surface area contributed by atoms with Crippen molar-refractivity contribution in [2.24, 2.45) is 7.05 Å². The van der Waals surface area contributed by atoms with Crippen molar-refractivity contribution in [2.75, 3.05) is 6.54 Å². The van der Waals surface area contributed by atoms with E-state index in [0.717, 1.165) is 17.5 Å². The molecular formula is C15H19N3OS. The summed E-state index contributed by atoms with van der Waals surface area (Å²) in [4.78, 5) is 11.9. The Kier molecular flexibility index (Phi) is 5.24. The van der Waals surface area contributed by atoms with Crippen molar-refractivity contribution >= 4 is 18.5 Å². The van der Waals surface area contributed by atoms with Crippen LogP contribution >= 0.6 is 12.6 Å². The molecule has 1 unspecified atom stereocenters. The number of hydrogen-bond donors (Lipinski definition) is 2. The molecule has 0 aliphatic heterocycles. The predicted octanol–water partition coefficient (Wildman–Crippen LogP) is 1.62. The summed E-state index contributed by atoms with van der Waals surface area (Å²) in [5, 5.41) is 6.69. The van der Waals surface area contributed by atoms with Crippen molar-refractivity contribution in [1.29, 1.82) is 0 Å². The Balaban J connectivity index is 1.74. The fourth-order valence-corrected chi connectivity index (χ4v) is 2.28. The molecule has 2 rings (SSSR count). The summed E-state index contributed by atoms with van der Waals surface area (Å²) in [7, 11) is 1.88. The molecule has 0 bridgehead atoms.